The molecule has 3 aromatic rings. The highest BCUT2D eigenvalue weighted by Crippen LogP contribution is 2.19. The molecule has 7 heteroatoms. The molecule has 0 saturated carbocycles. The normalized spacial score (nSPS) is 10.8. The van der Waals surface area contributed by atoms with E-state index in [4.69, 9.17) is 19.5 Å². The number of hydrogen-bond acceptors (Lipinski definition) is 6. The number of nitrogens with zero attached hydrogens (tertiary/aromatic N) is 3. The van der Waals surface area contributed by atoms with E-state index in [1.54, 1.807) is 6.20 Å². The van der Waals surface area contributed by atoms with E-state index in [2.05, 4.69) is 28.9 Å². The number of aliphatic hydroxyl groups excluding tert-OH is 2. The van der Waals surface area contributed by atoms with Crippen LogP contribution in [0.5, 0.6) is 5.75 Å². The van der Waals surface area contributed by atoms with Gasteiger partial charge in [0.1, 0.15) is 17.3 Å². The quantitative estimate of drug-likeness (QED) is 0.568. The summed E-state index contributed by atoms with van der Waals surface area (Å²) in [7, 11) is 0. The van der Waals surface area contributed by atoms with E-state index in [0.717, 1.165) is 29.1 Å². The average Bonchev–Trinajstić information content (AvgIpc) is 3.37. The van der Waals surface area contributed by atoms with Gasteiger partial charge in [0.25, 0.3) is 0 Å². The summed E-state index contributed by atoms with van der Waals surface area (Å²) in [6, 6.07) is 7.45. The molecular weight excluding hydrogens is 370 g/mol. The van der Waals surface area contributed by atoms with Gasteiger partial charge in [0, 0.05) is 36.4 Å². The van der Waals surface area contributed by atoms with Crippen LogP contribution < -0.4 is 4.74 Å². The Hall–Kier alpha value is -3.08. The maximum absolute atomic E-state index is 9.12. The van der Waals surface area contributed by atoms with Crippen molar-refractivity contribution in [3.63, 3.8) is 0 Å². The van der Waals surface area contributed by atoms with E-state index in [1.807, 2.05) is 42.0 Å². The van der Waals surface area contributed by atoms with Crippen molar-refractivity contribution in [2.24, 2.45) is 5.92 Å². The number of aromatic nitrogens is 3. The van der Waals surface area contributed by atoms with E-state index < -0.39 is 0 Å². The van der Waals surface area contributed by atoms with E-state index >= 15 is 0 Å². The lowest BCUT2D eigenvalue weighted by atomic mass is 10.1. The summed E-state index contributed by atoms with van der Waals surface area (Å²) in [5, 5.41) is 22.3. The molecule has 0 unspecified atom stereocenters. The molecule has 7 nitrogen and oxygen atoms in total. The van der Waals surface area contributed by atoms with Crippen LogP contribution in [0.3, 0.4) is 0 Å². The minimum absolute atomic E-state index is 0.112. The fourth-order valence-electron chi connectivity index (χ4n) is 2.81. The van der Waals surface area contributed by atoms with E-state index in [1.165, 1.54) is 0 Å². The number of benzene rings is 1. The van der Waals surface area contributed by atoms with Crippen molar-refractivity contribution in [3.8, 4) is 17.6 Å². The number of aryl methyl sites for hydroxylation is 2. The van der Waals surface area contributed by atoms with Crippen molar-refractivity contribution in [1.29, 1.82) is 0 Å². The van der Waals surface area contributed by atoms with Gasteiger partial charge in [-0.3, -0.25) is 0 Å². The summed E-state index contributed by atoms with van der Waals surface area (Å²) >= 11 is 0. The van der Waals surface area contributed by atoms with Gasteiger partial charge in [0.2, 0.25) is 5.76 Å². The first-order valence-electron chi connectivity index (χ1n) is 9.55. The first kappa shape index (κ1) is 20.6. The molecule has 0 fully saturated rings. The lowest BCUT2D eigenvalue weighted by Gasteiger charge is -2.14. The number of hydrogen-bond donors (Lipinski definition) is 2. The Morgan fingerprint density at radius 3 is 2.76 bits per heavy atom. The van der Waals surface area contributed by atoms with Gasteiger partial charge in [-0.2, -0.15) is 0 Å². The fraction of sp³-hybridized carbons (Fsp3) is 0.364. The van der Waals surface area contributed by atoms with Gasteiger partial charge < -0.3 is 24.0 Å². The highest BCUT2D eigenvalue weighted by molar-refractivity contribution is 5.45. The van der Waals surface area contributed by atoms with Crippen molar-refractivity contribution in [1.82, 2.24) is 14.7 Å². The molecule has 0 aliphatic carbocycles. The van der Waals surface area contributed by atoms with Crippen LogP contribution in [0.15, 0.2) is 41.2 Å². The minimum atomic E-state index is -0.287. The molecule has 0 radical (unpaired) electrons. The fourth-order valence-corrected chi connectivity index (χ4v) is 2.81. The zero-order chi connectivity index (χ0) is 20.6. The second-order valence-electron chi connectivity index (χ2n) is 6.78. The molecule has 1 aromatic carbocycles. The van der Waals surface area contributed by atoms with Gasteiger partial charge >= 0.3 is 0 Å². The van der Waals surface area contributed by atoms with Crippen LogP contribution in [-0.4, -0.2) is 44.7 Å². The van der Waals surface area contributed by atoms with Crippen molar-refractivity contribution < 1.29 is 19.5 Å². The summed E-state index contributed by atoms with van der Waals surface area (Å²) in [6.45, 7) is 4.63. The maximum Gasteiger partial charge on any atom is 0.210 e. The molecule has 0 spiro atoms. The van der Waals surface area contributed by atoms with Crippen molar-refractivity contribution in [2.75, 3.05) is 19.8 Å². The Morgan fingerprint density at radius 2 is 2.03 bits per heavy atom. The Kier molecular flexibility index (Phi) is 7.06. The Bertz CT molecular complexity index is 993. The molecule has 0 aliphatic rings. The van der Waals surface area contributed by atoms with Gasteiger partial charge in [-0.25, -0.2) is 4.98 Å². The van der Waals surface area contributed by atoms with Crippen LogP contribution >= 0.6 is 0 Å². The minimum Gasteiger partial charge on any atom is -0.493 e. The van der Waals surface area contributed by atoms with Crippen LogP contribution in [0, 0.1) is 24.7 Å². The van der Waals surface area contributed by atoms with Crippen LogP contribution in [0.4, 0.5) is 0 Å². The van der Waals surface area contributed by atoms with Gasteiger partial charge in [0.15, 0.2) is 0 Å². The zero-order valence-electron chi connectivity index (χ0n) is 16.6. The third-order valence-electron chi connectivity index (χ3n) is 4.51. The standard InChI is InChI=1S/C22H25N3O4/c1-3-22-23-8-9-25(22)12-19-11-20(29-24-19)6-4-17-5-7-21(16(2)10-17)28-15-18(13-26)14-27/h5,7-11,18,26-27H,3,12-15H2,1-2H3. The monoisotopic (exact) mass is 395 g/mol. The molecule has 2 aromatic heterocycles. The second-order valence-corrected chi connectivity index (χ2v) is 6.78. The van der Waals surface area contributed by atoms with Crippen LogP contribution in [0.2, 0.25) is 0 Å². The first-order chi connectivity index (χ1) is 14.1. The Balaban J connectivity index is 1.64. The van der Waals surface area contributed by atoms with E-state index in [9.17, 15) is 0 Å². The second kappa shape index (κ2) is 9.92. The van der Waals surface area contributed by atoms with Gasteiger partial charge in [-0.15, -0.1) is 0 Å². The van der Waals surface area contributed by atoms with Crippen molar-refractivity contribution in [2.45, 2.75) is 26.8 Å². The Labute approximate surface area is 170 Å². The molecule has 0 saturated heterocycles. The topological polar surface area (TPSA) is 93.5 Å². The predicted octanol–water partition coefficient (Wildman–Crippen LogP) is 2.17. The number of aliphatic hydroxyl groups is 2. The third-order valence-corrected chi connectivity index (χ3v) is 4.51. The number of imidazole rings is 1. The lowest BCUT2D eigenvalue weighted by Crippen LogP contribution is -2.19. The van der Waals surface area contributed by atoms with Crippen molar-refractivity contribution >= 4 is 0 Å². The van der Waals surface area contributed by atoms with Gasteiger partial charge in [-0.05, 0) is 36.6 Å². The maximum atomic E-state index is 9.12. The number of ether oxygens (including phenoxy) is 1. The van der Waals surface area contributed by atoms with Gasteiger partial charge in [-0.1, -0.05) is 18.0 Å². The molecule has 0 aliphatic heterocycles. The zero-order valence-corrected chi connectivity index (χ0v) is 16.6. The van der Waals surface area contributed by atoms with Gasteiger partial charge in [0.05, 0.1) is 26.4 Å². The number of rotatable bonds is 8. The highest BCUT2D eigenvalue weighted by atomic mass is 16.5. The first-order valence-corrected chi connectivity index (χ1v) is 9.55. The average molecular weight is 395 g/mol. The Morgan fingerprint density at radius 1 is 1.21 bits per heavy atom. The molecule has 2 N–H and O–H groups in total. The molecule has 0 atom stereocenters. The molecule has 3 rings (SSSR count). The summed E-state index contributed by atoms with van der Waals surface area (Å²) in [4.78, 5) is 4.30. The highest BCUT2D eigenvalue weighted by Gasteiger charge is 2.09. The molecular formula is C22H25N3O4. The van der Waals surface area contributed by atoms with Crippen LogP contribution in [-0.2, 0) is 13.0 Å². The van der Waals surface area contributed by atoms with Crippen LogP contribution in [0.25, 0.3) is 0 Å². The molecule has 0 amide bonds. The summed E-state index contributed by atoms with van der Waals surface area (Å²) in [6.07, 6.45) is 4.56. The largest absolute Gasteiger partial charge is 0.493 e. The predicted molar refractivity (Wildman–Crippen MR) is 108 cm³/mol. The molecule has 29 heavy (non-hydrogen) atoms. The smallest absolute Gasteiger partial charge is 0.210 e. The summed E-state index contributed by atoms with van der Waals surface area (Å²) < 4.78 is 13.0. The van der Waals surface area contributed by atoms with E-state index in [0.29, 0.717) is 18.1 Å². The van der Waals surface area contributed by atoms with E-state index in [-0.39, 0.29) is 25.7 Å². The molecule has 2 heterocycles. The van der Waals surface area contributed by atoms with Crippen LogP contribution in [0.1, 0.15) is 35.3 Å². The molecule has 0 bridgehead atoms. The third kappa shape index (κ3) is 5.47. The molecule has 152 valence electrons. The summed E-state index contributed by atoms with van der Waals surface area (Å²) in [5.41, 5.74) is 2.55. The summed E-state index contributed by atoms with van der Waals surface area (Å²) in [5.74, 6) is 7.99. The lowest BCUT2D eigenvalue weighted by molar-refractivity contribution is 0.106. The SMILES string of the molecule is CCc1nccn1Cc1cc(C#Cc2ccc(OCC(CO)CO)c(C)c2)on1. The van der Waals surface area contributed by atoms with Crippen molar-refractivity contribution in [3.05, 3.63) is 65.1 Å².